The predicted octanol–water partition coefficient (Wildman–Crippen LogP) is 3.04. The van der Waals surface area contributed by atoms with E-state index in [1.54, 1.807) is 0 Å². The van der Waals surface area contributed by atoms with Crippen LogP contribution in [0.15, 0.2) is 34.5 Å². The minimum atomic E-state index is -4.11. The molecule has 20 heavy (non-hydrogen) atoms. The molecule has 106 valence electrons. The molecule has 2 aromatic rings. The number of hydrogen-bond acceptors (Lipinski definition) is 4. The molecule has 2 N–H and O–H groups in total. The number of carboxylic acids is 1. The van der Waals surface area contributed by atoms with Gasteiger partial charge in [0.05, 0.1) is 10.7 Å². The SMILES string of the molecule is O=C(O)c1sccc1S(=O)(=O)Nc1ccc(F)cc1Cl. The van der Waals surface area contributed by atoms with E-state index in [0.717, 1.165) is 29.5 Å². The van der Waals surface area contributed by atoms with Crippen LogP contribution in [0.4, 0.5) is 10.1 Å². The molecule has 9 heteroatoms. The van der Waals surface area contributed by atoms with Crippen molar-refractivity contribution in [3.8, 4) is 0 Å². The molecular weight excluding hydrogens is 329 g/mol. The summed E-state index contributed by atoms with van der Waals surface area (Å²) in [6.07, 6.45) is 0. The van der Waals surface area contributed by atoms with Crippen molar-refractivity contribution >= 4 is 44.6 Å². The lowest BCUT2D eigenvalue weighted by Crippen LogP contribution is -2.15. The molecule has 0 amide bonds. The fraction of sp³-hybridized carbons (Fsp3) is 0. The smallest absolute Gasteiger partial charge is 0.347 e. The van der Waals surface area contributed by atoms with Crippen molar-refractivity contribution in [2.75, 3.05) is 4.72 Å². The summed E-state index contributed by atoms with van der Waals surface area (Å²) in [4.78, 5) is 10.3. The van der Waals surface area contributed by atoms with Gasteiger partial charge in [-0.3, -0.25) is 4.72 Å². The minimum Gasteiger partial charge on any atom is -0.477 e. The highest BCUT2D eigenvalue weighted by atomic mass is 35.5. The van der Waals surface area contributed by atoms with E-state index >= 15 is 0 Å². The van der Waals surface area contributed by atoms with Crippen LogP contribution in [-0.4, -0.2) is 19.5 Å². The van der Waals surface area contributed by atoms with Gasteiger partial charge in [-0.2, -0.15) is 0 Å². The molecule has 0 saturated carbocycles. The zero-order valence-corrected chi connectivity index (χ0v) is 12.0. The van der Waals surface area contributed by atoms with Crippen LogP contribution in [0.2, 0.25) is 5.02 Å². The fourth-order valence-corrected chi connectivity index (χ4v) is 4.05. The number of thiophene rings is 1. The standard InChI is InChI=1S/C11H7ClFNO4S2/c12-7-5-6(13)1-2-8(7)14-20(17,18)9-3-4-19-10(9)11(15)16/h1-5,14H,(H,15,16). The van der Waals surface area contributed by atoms with Crippen LogP contribution in [0.3, 0.4) is 0 Å². The average molecular weight is 336 g/mol. The summed E-state index contributed by atoms with van der Waals surface area (Å²) in [5.74, 6) is -1.95. The van der Waals surface area contributed by atoms with Gasteiger partial charge in [0.25, 0.3) is 10.0 Å². The number of aromatic carboxylic acids is 1. The van der Waals surface area contributed by atoms with Crippen LogP contribution >= 0.6 is 22.9 Å². The number of carbonyl (C=O) groups is 1. The zero-order valence-electron chi connectivity index (χ0n) is 9.63. The van der Waals surface area contributed by atoms with Gasteiger partial charge in [-0.25, -0.2) is 17.6 Å². The lowest BCUT2D eigenvalue weighted by molar-refractivity contribution is 0.0698. The first-order valence-electron chi connectivity index (χ1n) is 5.10. The Bertz CT molecular complexity index is 772. The molecule has 2 rings (SSSR count). The molecule has 1 aromatic heterocycles. The highest BCUT2D eigenvalue weighted by Gasteiger charge is 2.24. The van der Waals surface area contributed by atoms with Crippen LogP contribution in [-0.2, 0) is 10.0 Å². The Kier molecular flexibility index (Phi) is 3.98. The van der Waals surface area contributed by atoms with Gasteiger partial charge in [0.15, 0.2) is 0 Å². The summed E-state index contributed by atoms with van der Waals surface area (Å²) in [6.45, 7) is 0. The molecule has 0 spiro atoms. The van der Waals surface area contributed by atoms with E-state index in [9.17, 15) is 17.6 Å². The molecule has 0 saturated heterocycles. The summed E-state index contributed by atoms with van der Waals surface area (Å²) < 4.78 is 39.2. The first-order valence-corrected chi connectivity index (χ1v) is 7.84. The Morgan fingerprint density at radius 1 is 1.35 bits per heavy atom. The van der Waals surface area contributed by atoms with E-state index in [-0.39, 0.29) is 20.5 Å². The summed E-state index contributed by atoms with van der Waals surface area (Å²) in [7, 11) is -4.11. The number of halogens is 2. The first kappa shape index (κ1) is 14.8. The summed E-state index contributed by atoms with van der Waals surface area (Å²) in [6, 6.07) is 4.32. The van der Waals surface area contributed by atoms with Gasteiger partial charge in [-0.1, -0.05) is 11.6 Å². The minimum absolute atomic E-state index is 0.0318. The van der Waals surface area contributed by atoms with Gasteiger partial charge in [0.2, 0.25) is 0 Å². The van der Waals surface area contributed by atoms with Gasteiger partial charge >= 0.3 is 5.97 Å². The van der Waals surface area contributed by atoms with Gasteiger partial charge in [-0.05, 0) is 29.6 Å². The van der Waals surface area contributed by atoms with Crippen LogP contribution < -0.4 is 4.72 Å². The van der Waals surface area contributed by atoms with Crippen LogP contribution in [0.25, 0.3) is 0 Å². The van der Waals surface area contributed by atoms with Gasteiger partial charge < -0.3 is 5.11 Å². The van der Waals surface area contributed by atoms with E-state index in [1.807, 2.05) is 0 Å². The molecule has 1 heterocycles. The fourth-order valence-electron chi connectivity index (χ4n) is 1.44. The maximum atomic E-state index is 12.9. The predicted molar refractivity (Wildman–Crippen MR) is 73.5 cm³/mol. The molecular formula is C11H7ClFNO4S2. The quantitative estimate of drug-likeness (QED) is 0.899. The largest absolute Gasteiger partial charge is 0.477 e. The molecule has 0 unspecified atom stereocenters. The third-order valence-corrected chi connectivity index (χ3v) is 5.04. The van der Waals surface area contributed by atoms with Crippen molar-refractivity contribution < 1.29 is 22.7 Å². The Balaban J connectivity index is 2.41. The molecule has 0 atom stereocenters. The number of hydrogen-bond donors (Lipinski definition) is 2. The number of rotatable bonds is 4. The van der Waals surface area contributed by atoms with Gasteiger partial charge in [-0.15, -0.1) is 11.3 Å². The average Bonchev–Trinajstić information content (AvgIpc) is 2.82. The number of carboxylic acid groups (broad SMARTS) is 1. The number of anilines is 1. The zero-order chi connectivity index (χ0) is 14.9. The van der Waals surface area contributed by atoms with Crippen molar-refractivity contribution in [3.05, 3.63) is 45.4 Å². The maximum absolute atomic E-state index is 12.9. The summed E-state index contributed by atoms with van der Waals surface area (Å²) in [5, 5.41) is 10.1. The highest BCUT2D eigenvalue weighted by Crippen LogP contribution is 2.28. The van der Waals surface area contributed by atoms with E-state index in [2.05, 4.69) is 4.72 Å². The van der Waals surface area contributed by atoms with Crippen molar-refractivity contribution in [1.82, 2.24) is 0 Å². The highest BCUT2D eigenvalue weighted by molar-refractivity contribution is 7.93. The van der Waals surface area contributed by atoms with Crippen LogP contribution in [0.1, 0.15) is 9.67 Å². The molecule has 0 aliphatic carbocycles. The molecule has 0 bridgehead atoms. The second-order valence-electron chi connectivity index (χ2n) is 3.65. The Labute approximate surface area is 122 Å². The van der Waals surface area contributed by atoms with E-state index < -0.39 is 21.8 Å². The summed E-state index contributed by atoms with van der Waals surface area (Å²) >= 11 is 6.51. The second kappa shape index (κ2) is 5.39. The number of benzene rings is 1. The normalized spacial score (nSPS) is 11.3. The van der Waals surface area contributed by atoms with Crippen molar-refractivity contribution in [3.63, 3.8) is 0 Å². The van der Waals surface area contributed by atoms with E-state index in [4.69, 9.17) is 16.7 Å². The molecule has 5 nitrogen and oxygen atoms in total. The third kappa shape index (κ3) is 2.92. The maximum Gasteiger partial charge on any atom is 0.347 e. The number of sulfonamides is 1. The first-order chi connectivity index (χ1) is 9.31. The van der Waals surface area contributed by atoms with Crippen molar-refractivity contribution in [2.24, 2.45) is 0 Å². The lowest BCUT2D eigenvalue weighted by atomic mass is 10.3. The van der Waals surface area contributed by atoms with Crippen molar-refractivity contribution in [1.29, 1.82) is 0 Å². The van der Waals surface area contributed by atoms with Crippen LogP contribution in [0, 0.1) is 5.82 Å². The van der Waals surface area contributed by atoms with E-state index in [1.165, 1.54) is 11.4 Å². The Morgan fingerprint density at radius 3 is 2.65 bits per heavy atom. The molecule has 0 fully saturated rings. The van der Waals surface area contributed by atoms with Gasteiger partial charge in [0, 0.05) is 0 Å². The lowest BCUT2D eigenvalue weighted by Gasteiger charge is -2.09. The van der Waals surface area contributed by atoms with E-state index in [0.29, 0.717) is 0 Å². The van der Waals surface area contributed by atoms with Gasteiger partial charge in [0.1, 0.15) is 15.6 Å². The second-order valence-corrected chi connectivity index (χ2v) is 6.62. The molecule has 0 aliphatic rings. The number of nitrogens with one attached hydrogen (secondary N) is 1. The van der Waals surface area contributed by atoms with Crippen molar-refractivity contribution in [2.45, 2.75) is 4.90 Å². The Hall–Kier alpha value is -1.64. The third-order valence-electron chi connectivity index (χ3n) is 2.29. The molecule has 0 radical (unpaired) electrons. The van der Waals surface area contributed by atoms with Crippen LogP contribution in [0.5, 0.6) is 0 Å². The Morgan fingerprint density at radius 2 is 2.05 bits per heavy atom. The molecule has 0 aliphatic heterocycles. The molecule has 1 aromatic carbocycles. The topological polar surface area (TPSA) is 83.5 Å². The monoisotopic (exact) mass is 335 g/mol. The summed E-state index contributed by atoms with van der Waals surface area (Å²) in [5.41, 5.74) is -0.0318.